The van der Waals surface area contributed by atoms with Crippen LogP contribution in [0.1, 0.15) is 30.1 Å². The van der Waals surface area contributed by atoms with Crippen molar-refractivity contribution in [1.82, 2.24) is 4.72 Å². The van der Waals surface area contributed by atoms with Crippen molar-refractivity contribution in [3.63, 3.8) is 0 Å². The fourth-order valence-electron chi connectivity index (χ4n) is 2.26. The number of unbranched alkanes of at least 4 members (excludes halogenated alkanes) is 1. The van der Waals surface area contributed by atoms with Gasteiger partial charge in [-0.1, -0.05) is 19.4 Å². The van der Waals surface area contributed by atoms with E-state index in [1.807, 2.05) is 0 Å². The maximum absolute atomic E-state index is 12.4. The molecule has 0 aliphatic heterocycles. The van der Waals surface area contributed by atoms with Crippen LogP contribution in [0, 0.1) is 0 Å². The lowest BCUT2D eigenvalue weighted by molar-refractivity contribution is 0.102. The normalized spacial score (nSPS) is 11.2. The number of hydrogen-bond acceptors (Lipinski definition) is 5. The fraction of sp³-hybridized carbons (Fsp3) is 0.316. The summed E-state index contributed by atoms with van der Waals surface area (Å²) in [7, 11) is -3.66. The number of hydrogen-bond donors (Lipinski definition) is 3. The molecule has 1 amide bonds. The number of rotatable bonds is 10. The summed E-state index contributed by atoms with van der Waals surface area (Å²) in [6.07, 6.45) is 2.03. The molecular weight excluding hydrogens is 366 g/mol. The predicted octanol–water partition coefficient (Wildman–Crippen LogP) is 2.35. The molecule has 2 rings (SSSR count). The Labute approximate surface area is 160 Å². The third kappa shape index (κ3) is 6.35. The van der Waals surface area contributed by atoms with E-state index in [2.05, 4.69) is 17.0 Å². The average molecular weight is 391 g/mol. The van der Waals surface area contributed by atoms with Gasteiger partial charge in [0, 0.05) is 24.3 Å². The summed E-state index contributed by atoms with van der Waals surface area (Å²) < 4.78 is 32.3. The highest BCUT2D eigenvalue weighted by Crippen LogP contribution is 2.18. The molecule has 0 fully saturated rings. The van der Waals surface area contributed by atoms with E-state index in [0.717, 1.165) is 12.8 Å². The van der Waals surface area contributed by atoms with E-state index in [-0.39, 0.29) is 23.9 Å². The summed E-state index contributed by atoms with van der Waals surface area (Å²) in [6, 6.07) is 12.9. The van der Waals surface area contributed by atoms with E-state index in [1.54, 1.807) is 36.4 Å². The van der Waals surface area contributed by atoms with Crippen LogP contribution in [0.25, 0.3) is 0 Å². The van der Waals surface area contributed by atoms with Crippen molar-refractivity contribution in [3.05, 3.63) is 54.1 Å². The molecule has 0 saturated carbocycles. The van der Waals surface area contributed by atoms with Crippen molar-refractivity contribution in [2.75, 3.05) is 25.0 Å². The highest BCUT2D eigenvalue weighted by molar-refractivity contribution is 7.89. The number of ether oxygens (including phenoxy) is 1. The molecule has 0 saturated heterocycles. The second-order valence-electron chi connectivity index (χ2n) is 5.89. The van der Waals surface area contributed by atoms with Crippen LogP contribution in [0.5, 0.6) is 5.75 Å². The first kappa shape index (κ1) is 20.9. The van der Waals surface area contributed by atoms with E-state index < -0.39 is 10.0 Å². The van der Waals surface area contributed by atoms with E-state index in [1.165, 1.54) is 12.1 Å². The Morgan fingerprint density at radius 3 is 2.56 bits per heavy atom. The van der Waals surface area contributed by atoms with Crippen LogP contribution in [0.2, 0.25) is 0 Å². The van der Waals surface area contributed by atoms with E-state index in [9.17, 15) is 13.2 Å². The molecular formula is C19H25N3O4S. The van der Waals surface area contributed by atoms with Gasteiger partial charge in [0.05, 0.1) is 11.5 Å². The predicted molar refractivity (Wildman–Crippen MR) is 105 cm³/mol. The Balaban J connectivity index is 2.04. The summed E-state index contributed by atoms with van der Waals surface area (Å²) in [4.78, 5) is 12.4. The van der Waals surface area contributed by atoms with Crippen molar-refractivity contribution in [2.24, 2.45) is 5.73 Å². The van der Waals surface area contributed by atoms with Gasteiger partial charge >= 0.3 is 0 Å². The molecule has 2 aromatic rings. The topological polar surface area (TPSA) is 111 Å². The van der Waals surface area contributed by atoms with Gasteiger partial charge in [-0.15, -0.1) is 0 Å². The number of nitrogens with one attached hydrogen (secondary N) is 2. The van der Waals surface area contributed by atoms with Gasteiger partial charge in [0.25, 0.3) is 5.91 Å². The van der Waals surface area contributed by atoms with Gasteiger partial charge in [0.15, 0.2) is 0 Å². The molecule has 0 aliphatic carbocycles. The molecule has 0 atom stereocenters. The number of benzene rings is 2. The van der Waals surface area contributed by atoms with E-state index in [4.69, 9.17) is 10.5 Å². The largest absolute Gasteiger partial charge is 0.494 e. The Kier molecular flexibility index (Phi) is 7.78. The maximum Gasteiger partial charge on any atom is 0.255 e. The molecule has 7 nitrogen and oxygen atoms in total. The summed E-state index contributed by atoms with van der Waals surface area (Å²) in [5.41, 5.74) is 6.16. The molecule has 0 bridgehead atoms. The number of nitrogens with two attached hydrogens (primary N) is 1. The molecule has 0 unspecified atom stereocenters. The molecule has 8 heteroatoms. The van der Waals surface area contributed by atoms with E-state index >= 15 is 0 Å². The highest BCUT2D eigenvalue weighted by Gasteiger charge is 2.14. The highest BCUT2D eigenvalue weighted by atomic mass is 32.2. The van der Waals surface area contributed by atoms with Crippen LogP contribution in [-0.2, 0) is 10.0 Å². The second-order valence-corrected chi connectivity index (χ2v) is 7.66. The van der Waals surface area contributed by atoms with Crippen molar-refractivity contribution in [1.29, 1.82) is 0 Å². The first-order chi connectivity index (χ1) is 13.0. The maximum atomic E-state index is 12.4. The number of carbonyl (C=O) groups is 1. The standard InChI is InChI=1S/C19H25N3O4S/c1-2-3-13-26-17-9-7-15(8-10-17)19(23)22-16-5-4-6-18(14-16)27(24,25)21-12-11-20/h4-10,14,21H,2-3,11-13,20H2,1H3,(H,22,23). The third-order valence-electron chi connectivity index (χ3n) is 3.72. The Bertz CT molecular complexity index is 852. The van der Waals surface area contributed by atoms with Gasteiger partial charge in [-0.2, -0.15) is 0 Å². The van der Waals surface area contributed by atoms with Crippen molar-refractivity contribution in [3.8, 4) is 5.75 Å². The fourth-order valence-corrected chi connectivity index (χ4v) is 3.35. The molecule has 0 heterocycles. The lowest BCUT2D eigenvalue weighted by atomic mass is 10.2. The Morgan fingerprint density at radius 2 is 1.89 bits per heavy atom. The SMILES string of the molecule is CCCCOc1ccc(C(=O)Nc2cccc(S(=O)(=O)NCCN)c2)cc1. The first-order valence-electron chi connectivity index (χ1n) is 8.80. The van der Waals surface area contributed by atoms with Crippen LogP contribution >= 0.6 is 0 Å². The third-order valence-corrected chi connectivity index (χ3v) is 5.18. The molecule has 0 aromatic heterocycles. The second kappa shape index (κ2) is 10.1. The van der Waals surface area contributed by atoms with Gasteiger partial charge in [0.2, 0.25) is 10.0 Å². The van der Waals surface area contributed by atoms with Crippen LogP contribution in [0.3, 0.4) is 0 Å². The van der Waals surface area contributed by atoms with Crippen LogP contribution in [0.4, 0.5) is 5.69 Å². The average Bonchev–Trinajstić information content (AvgIpc) is 2.67. The molecule has 146 valence electrons. The summed E-state index contributed by atoms with van der Waals surface area (Å²) in [6.45, 7) is 3.08. The van der Waals surface area contributed by atoms with Crippen molar-refractivity contribution < 1.29 is 17.9 Å². The zero-order valence-corrected chi connectivity index (χ0v) is 16.1. The number of amides is 1. The summed E-state index contributed by atoms with van der Waals surface area (Å²) in [5.74, 6) is 0.374. The zero-order chi connectivity index (χ0) is 19.7. The van der Waals surface area contributed by atoms with Gasteiger partial charge in [0.1, 0.15) is 5.75 Å². The van der Waals surface area contributed by atoms with Crippen LogP contribution < -0.4 is 20.5 Å². The molecule has 4 N–H and O–H groups in total. The Morgan fingerprint density at radius 1 is 1.15 bits per heavy atom. The van der Waals surface area contributed by atoms with Crippen LogP contribution in [0.15, 0.2) is 53.4 Å². The molecule has 0 radical (unpaired) electrons. The Hall–Kier alpha value is -2.42. The van der Waals surface area contributed by atoms with Gasteiger partial charge in [-0.05, 0) is 48.9 Å². The smallest absolute Gasteiger partial charge is 0.255 e. The summed E-state index contributed by atoms with van der Waals surface area (Å²) in [5, 5.41) is 2.70. The number of sulfonamides is 1. The monoisotopic (exact) mass is 391 g/mol. The molecule has 2 aromatic carbocycles. The lowest BCUT2D eigenvalue weighted by Gasteiger charge is -2.10. The van der Waals surface area contributed by atoms with E-state index in [0.29, 0.717) is 23.6 Å². The van der Waals surface area contributed by atoms with Crippen LogP contribution in [-0.4, -0.2) is 34.0 Å². The molecule has 0 spiro atoms. The quantitative estimate of drug-likeness (QED) is 0.539. The minimum atomic E-state index is -3.66. The minimum absolute atomic E-state index is 0.0634. The lowest BCUT2D eigenvalue weighted by Crippen LogP contribution is -2.29. The zero-order valence-electron chi connectivity index (χ0n) is 15.3. The van der Waals surface area contributed by atoms with Gasteiger partial charge in [-0.25, -0.2) is 13.1 Å². The first-order valence-corrected chi connectivity index (χ1v) is 10.3. The van der Waals surface area contributed by atoms with Gasteiger partial charge in [-0.3, -0.25) is 4.79 Å². The molecule has 27 heavy (non-hydrogen) atoms. The van der Waals surface area contributed by atoms with Crippen molar-refractivity contribution in [2.45, 2.75) is 24.7 Å². The van der Waals surface area contributed by atoms with Gasteiger partial charge < -0.3 is 15.8 Å². The minimum Gasteiger partial charge on any atom is -0.494 e. The summed E-state index contributed by atoms with van der Waals surface area (Å²) >= 11 is 0. The van der Waals surface area contributed by atoms with Crippen molar-refractivity contribution >= 4 is 21.6 Å². The number of anilines is 1. The molecule has 0 aliphatic rings. The number of carbonyl (C=O) groups excluding carboxylic acids is 1.